The number of carbonyl (C=O) groups is 3. The molecule has 3 N–H and O–H groups in total. The summed E-state index contributed by atoms with van der Waals surface area (Å²) in [5.41, 5.74) is 0.222. The van der Waals surface area contributed by atoms with Gasteiger partial charge in [0.05, 0.1) is 21.3 Å². The standard InChI is InChI=1S/3C8H7ClO3.Lu/c3*1-12-7-3-2-5(9)4-6(7)8(10)11;/h3*2-4H,1H3,(H,10,11);. The van der Waals surface area contributed by atoms with Gasteiger partial charge in [-0.1, -0.05) is 34.8 Å². The van der Waals surface area contributed by atoms with E-state index in [0.717, 1.165) is 0 Å². The summed E-state index contributed by atoms with van der Waals surface area (Å²) in [6.07, 6.45) is 0. The molecule has 0 spiro atoms. The van der Waals surface area contributed by atoms with Crippen molar-refractivity contribution in [3.05, 3.63) is 86.4 Å². The molecule has 3 aromatic carbocycles. The zero-order valence-corrected chi connectivity index (χ0v) is 23.3. The number of hydrogen-bond donors (Lipinski definition) is 3. The van der Waals surface area contributed by atoms with Crippen LogP contribution >= 0.6 is 34.8 Å². The van der Waals surface area contributed by atoms with E-state index < -0.39 is 17.9 Å². The van der Waals surface area contributed by atoms with Crippen LogP contribution in [0.4, 0.5) is 0 Å². The quantitative estimate of drug-likeness (QED) is 0.273. The molecular weight excluding hydrogens is 714 g/mol. The summed E-state index contributed by atoms with van der Waals surface area (Å²) in [5.74, 6) is -2.20. The van der Waals surface area contributed by atoms with E-state index in [-0.39, 0.29) is 53.6 Å². The smallest absolute Gasteiger partial charge is 0.339 e. The Bertz CT molecular complexity index is 1090. The zero-order chi connectivity index (χ0) is 27.4. The first kappa shape index (κ1) is 34.6. The minimum Gasteiger partial charge on any atom is -0.496 e. The number of carboxylic acids is 3. The molecule has 0 aliphatic carbocycles. The Morgan fingerprint density at radius 2 is 0.757 bits per heavy atom. The number of hydrogen-bond acceptors (Lipinski definition) is 6. The van der Waals surface area contributed by atoms with Gasteiger partial charge < -0.3 is 29.5 Å². The van der Waals surface area contributed by atoms with Crippen LogP contribution in [-0.2, 0) is 0 Å². The molecule has 0 saturated heterocycles. The molecule has 37 heavy (non-hydrogen) atoms. The predicted octanol–water partition coefficient (Wildman–Crippen LogP) is 6.14. The number of aromatic carboxylic acids is 3. The molecule has 3 aromatic rings. The van der Waals surface area contributed by atoms with Gasteiger partial charge in [0.2, 0.25) is 0 Å². The maximum Gasteiger partial charge on any atom is 0.339 e. The molecule has 0 atom stereocenters. The SMILES string of the molecule is COc1ccc(Cl)cc1C(=O)O.COc1ccc(Cl)cc1C(=O)O.COc1ccc(Cl)cc1C(=O)O.[Lu]. The topological polar surface area (TPSA) is 140 Å². The van der Waals surface area contributed by atoms with E-state index in [1.807, 2.05) is 0 Å². The van der Waals surface area contributed by atoms with Crippen LogP contribution in [-0.4, -0.2) is 54.6 Å². The van der Waals surface area contributed by atoms with E-state index >= 15 is 0 Å². The van der Waals surface area contributed by atoms with Gasteiger partial charge in [-0.2, -0.15) is 0 Å². The molecule has 1 radical (unpaired) electrons. The van der Waals surface area contributed by atoms with Gasteiger partial charge in [0.1, 0.15) is 33.9 Å². The van der Waals surface area contributed by atoms with Crippen molar-refractivity contribution in [2.75, 3.05) is 21.3 Å². The van der Waals surface area contributed by atoms with Gasteiger partial charge in [0.15, 0.2) is 0 Å². The van der Waals surface area contributed by atoms with Crippen LogP contribution in [0, 0.1) is 36.9 Å². The zero-order valence-electron chi connectivity index (χ0n) is 19.4. The van der Waals surface area contributed by atoms with E-state index in [0.29, 0.717) is 32.3 Å². The maximum atomic E-state index is 10.6. The first-order valence-electron chi connectivity index (χ1n) is 9.65. The Morgan fingerprint density at radius 1 is 0.541 bits per heavy atom. The third kappa shape index (κ3) is 11.2. The third-order valence-electron chi connectivity index (χ3n) is 4.18. The van der Waals surface area contributed by atoms with E-state index in [9.17, 15) is 14.4 Å². The largest absolute Gasteiger partial charge is 0.496 e. The van der Waals surface area contributed by atoms with Crippen molar-refractivity contribution in [3.8, 4) is 17.2 Å². The number of halogens is 3. The van der Waals surface area contributed by atoms with E-state index in [4.69, 9.17) is 64.3 Å². The average Bonchev–Trinajstić information content (AvgIpc) is 2.84. The molecule has 13 heteroatoms. The first-order chi connectivity index (χ1) is 16.9. The Balaban J connectivity index is 0.000000518. The molecule has 0 bridgehead atoms. The molecular formula is C24H21Cl3LuO9. The predicted molar refractivity (Wildman–Crippen MR) is 135 cm³/mol. The summed E-state index contributed by atoms with van der Waals surface area (Å²) in [6.45, 7) is 0. The minimum atomic E-state index is -1.05. The fourth-order valence-electron chi connectivity index (χ4n) is 2.54. The number of rotatable bonds is 6. The minimum absolute atomic E-state index is 0. The third-order valence-corrected chi connectivity index (χ3v) is 4.88. The van der Waals surface area contributed by atoms with Crippen molar-refractivity contribution in [2.24, 2.45) is 0 Å². The molecule has 0 aliphatic rings. The van der Waals surface area contributed by atoms with Gasteiger partial charge in [0.25, 0.3) is 0 Å². The molecule has 0 aromatic heterocycles. The second kappa shape index (κ2) is 17.2. The van der Waals surface area contributed by atoms with Crippen molar-refractivity contribution >= 4 is 52.7 Å². The fraction of sp³-hybridized carbons (Fsp3) is 0.125. The Hall–Kier alpha value is -2.43. The fourth-order valence-corrected chi connectivity index (χ4v) is 3.06. The van der Waals surface area contributed by atoms with Gasteiger partial charge >= 0.3 is 17.9 Å². The number of benzene rings is 3. The van der Waals surface area contributed by atoms with Gasteiger partial charge in [-0.3, -0.25) is 0 Å². The number of carboxylic acid groups (broad SMARTS) is 3. The second-order valence-electron chi connectivity index (χ2n) is 6.45. The Morgan fingerprint density at radius 3 is 0.919 bits per heavy atom. The molecule has 0 aliphatic heterocycles. The van der Waals surface area contributed by atoms with Crippen LogP contribution in [0.3, 0.4) is 0 Å². The molecule has 0 unspecified atom stereocenters. The molecule has 3 rings (SSSR count). The molecule has 0 amide bonds. The second-order valence-corrected chi connectivity index (χ2v) is 7.76. The van der Waals surface area contributed by atoms with Gasteiger partial charge in [0, 0.05) is 51.9 Å². The van der Waals surface area contributed by atoms with Crippen molar-refractivity contribution in [3.63, 3.8) is 0 Å². The monoisotopic (exact) mass is 733 g/mol. The van der Waals surface area contributed by atoms with Gasteiger partial charge in [-0.05, 0) is 54.6 Å². The van der Waals surface area contributed by atoms with Gasteiger partial charge in [-0.25, -0.2) is 14.4 Å². The number of methoxy groups -OCH3 is 3. The Kier molecular flexibility index (Phi) is 16.0. The molecule has 0 saturated carbocycles. The van der Waals surface area contributed by atoms with Gasteiger partial charge in [-0.15, -0.1) is 0 Å². The van der Waals surface area contributed by atoms with Crippen LogP contribution < -0.4 is 14.2 Å². The normalized spacial score (nSPS) is 9.24. The summed E-state index contributed by atoms with van der Waals surface area (Å²) in [4.78, 5) is 31.8. The summed E-state index contributed by atoms with van der Waals surface area (Å²) in [7, 11) is 4.24. The first-order valence-corrected chi connectivity index (χ1v) is 10.8. The summed E-state index contributed by atoms with van der Waals surface area (Å²) < 4.78 is 14.5. The van der Waals surface area contributed by atoms with Crippen LogP contribution in [0.25, 0.3) is 0 Å². The summed E-state index contributed by atoms with van der Waals surface area (Å²) >= 11 is 16.8. The van der Waals surface area contributed by atoms with Crippen molar-refractivity contribution in [2.45, 2.75) is 0 Å². The Labute approximate surface area is 256 Å². The van der Waals surface area contributed by atoms with E-state index in [1.165, 1.54) is 57.7 Å². The van der Waals surface area contributed by atoms with Crippen LogP contribution in [0.5, 0.6) is 17.2 Å². The average molecular weight is 735 g/mol. The van der Waals surface area contributed by atoms with Crippen molar-refractivity contribution < 1.29 is 80.8 Å². The van der Waals surface area contributed by atoms with Crippen molar-refractivity contribution in [1.29, 1.82) is 0 Å². The van der Waals surface area contributed by atoms with E-state index in [1.54, 1.807) is 18.2 Å². The maximum absolute atomic E-state index is 10.6. The number of ether oxygens (including phenoxy) is 3. The summed E-state index contributed by atoms with van der Waals surface area (Å²) in [6, 6.07) is 13.3. The molecule has 9 nitrogen and oxygen atoms in total. The molecule has 0 heterocycles. The van der Waals surface area contributed by atoms with E-state index in [2.05, 4.69) is 0 Å². The van der Waals surface area contributed by atoms with Crippen molar-refractivity contribution in [1.82, 2.24) is 0 Å². The van der Waals surface area contributed by atoms with Crippen LogP contribution in [0.15, 0.2) is 54.6 Å². The molecule has 207 valence electrons. The van der Waals surface area contributed by atoms with Crippen LogP contribution in [0.2, 0.25) is 15.1 Å². The van der Waals surface area contributed by atoms with Crippen LogP contribution in [0.1, 0.15) is 31.1 Å². The summed E-state index contributed by atoms with van der Waals surface area (Å²) in [5, 5.41) is 27.2. The molecule has 0 fully saturated rings.